The highest BCUT2D eigenvalue weighted by Gasteiger charge is 2.01. The van der Waals surface area contributed by atoms with Gasteiger partial charge in [-0.25, -0.2) is 0 Å². The highest BCUT2D eigenvalue weighted by molar-refractivity contribution is 14.1. The van der Waals surface area contributed by atoms with Crippen molar-refractivity contribution in [3.63, 3.8) is 0 Å². The van der Waals surface area contributed by atoms with Crippen LogP contribution in [0.25, 0.3) is 0 Å². The van der Waals surface area contributed by atoms with Crippen LogP contribution in [-0.4, -0.2) is 3.92 Å². The van der Waals surface area contributed by atoms with Crippen LogP contribution in [0.5, 0.6) is 0 Å². The third-order valence-corrected chi connectivity index (χ3v) is 3.42. The second-order valence-electron chi connectivity index (χ2n) is 3.39. The van der Waals surface area contributed by atoms with Crippen molar-refractivity contribution in [2.75, 3.05) is 0 Å². The van der Waals surface area contributed by atoms with E-state index in [1.54, 1.807) is 0 Å². The second-order valence-corrected chi connectivity index (χ2v) is 6.76. The maximum Gasteiger partial charge on any atom is 0.0133 e. The first-order valence-corrected chi connectivity index (χ1v) is 6.81. The van der Waals surface area contributed by atoms with E-state index >= 15 is 0 Å². The molecule has 2 heteroatoms. The zero-order valence-electron chi connectivity index (χ0n) is 7.98. The fourth-order valence-corrected chi connectivity index (χ4v) is 2.13. The normalized spacial score (nSPS) is 12.9. The third-order valence-electron chi connectivity index (χ3n) is 2.12. The van der Waals surface area contributed by atoms with Crippen LogP contribution in [0, 0.1) is 10.5 Å². The van der Waals surface area contributed by atoms with Crippen molar-refractivity contribution in [2.45, 2.75) is 30.6 Å². The summed E-state index contributed by atoms with van der Waals surface area (Å²) in [7, 11) is 0. The SMILES string of the molecule is Cc1ccc(I)cc1CCC(C)I. The van der Waals surface area contributed by atoms with Gasteiger partial charge in [0.15, 0.2) is 0 Å². The molecule has 1 rings (SSSR count). The van der Waals surface area contributed by atoms with Crippen molar-refractivity contribution in [3.05, 3.63) is 32.9 Å². The van der Waals surface area contributed by atoms with Gasteiger partial charge in [0, 0.05) is 7.49 Å². The molecule has 1 aromatic carbocycles. The molecule has 0 spiro atoms. The van der Waals surface area contributed by atoms with Crippen LogP contribution in [0.3, 0.4) is 0 Å². The first kappa shape index (κ1) is 11.8. The summed E-state index contributed by atoms with van der Waals surface area (Å²) in [5, 5.41) is 0. The number of alkyl halides is 1. The third kappa shape index (κ3) is 4.14. The highest BCUT2D eigenvalue weighted by atomic mass is 127. The smallest absolute Gasteiger partial charge is 0.0133 e. The summed E-state index contributed by atoms with van der Waals surface area (Å²) < 4.78 is 2.12. The number of hydrogen-bond donors (Lipinski definition) is 0. The van der Waals surface area contributed by atoms with Crippen molar-refractivity contribution in [3.8, 4) is 0 Å². The van der Waals surface area contributed by atoms with Crippen LogP contribution < -0.4 is 0 Å². The lowest BCUT2D eigenvalue weighted by Gasteiger charge is -2.07. The fourth-order valence-electron chi connectivity index (χ4n) is 1.26. The number of hydrogen-bond acceptors (Lipinski definition) is 0. The maximum absolute atomic E-state index is 2.49. The van der Waals surface area contributed by atoms with Gasteiger partial charge in [0.2, 0.25) is 0 Å². The van der Waals surface area contributed by atoms with Gasteiger partial charge in [-0.15, -0.1) is 0 Å². The van der Waals surface area contributed by atoms with Gasteiger partial charge in [0.05, 0.1) is 0 Å². The van der Waals surface area contributed by atoms with Gasteiger partial charge < -0.3 is 0 Å². The van der Waals surface area contributed by atoms with Gasteiger partial charge in [-0.3, -0.25) is 0 Å². The lowest BCUT2D eigenvalue weighted by atomic mass is 10.0. The molecule has 0 bridgehead atoms. The van der Waals surface area contributed by atoms with Crippen molar-refractivity contribution >= 4 is 45.2 Å². The van der Waals surface area contributed by atoms with E-state index in [1.807, 2.05) is 0 Å². The summed E-state index contributed by atoms with van der Waals surface area (Å²) in [4.78, 5) is 0. The van der Waals surface area contributed by atoms with Gasteiger partial charge in [0.25, 0.3) is 0 Å². The van der Waals surface area contributed by atoms with Gasteiger partial charge in [-0.1, -0.05) is 35.6 Å². The molecule has 0 nitrogen and oxygen atoms in total. The molecule has 1 aromatic rings. The van der Waals surface area contributed by atoms with Crippen molar-refractivity contribution < 1.29 is 0 Å². The Kier molecular flexibility index (Phi) is 5.00. The number of halogens is 2. The molecule has 0 saturated carbocycles. The molecule has 0 N–H and O–H groups in total. The number of benzene rings is 1. The lowest BCUT2D eigenvalue weighted by Crippen LogP contribution is -1.96. The molecule has 0 aliphatic rings. The monoisotopic (exact) mass is 400 g/mol. The summed E-state index contributed by atoms with van der Waals surface area (Å²) in [5.74, 6) is 0. The lowest BCUT2D eigenvalue weighted by molar-refractivity contribution is 0.828. The molecule has 1 unspecified atom stereocenters. The zero-order valence-corrected chi connectivity index (χ0v) is 12.3. The van der Waals surface area contributed by atoms with Gasteiger partial charge in [0.1, 0.15) is 0 Å². The Balaban J connectivity index is 2.70. The van der Waals surface area contributed by atoms with E-state index in [-0.39, 0.29) is 0 Å². The van der Waals surface area contributed by atoms with Gasteiger partial charge in [-0.05, 0) is 65.6 Å². The minimum atomic E-state index is 0.773. The molecule has 0 radical (unpaired) electrons. The fraction of sp³-hybridized carbons (Fsp3) is 0.455. The van der Waals surface area contributed by atoms with E-state index < -0.39 is 0 Å². The topological polar surface area (TPSA) is 0 Å². The molecule has 72 valence electrons. The molecular formula is C11H14I2. The summed E-state index contributed by atoms with van der Waals surface area (Å²) >= 11 is 4.86. The van der Waals surface area contributed by atoms with E-state index in [9.17, 15) is 0 Å². The van der Waals surface area contributed by atoms with Crippen LogP contribution >= 0.6 is 45.2 Å². The predicted molar refractivity (Wildman–Crippen MR) is 75.7 cm³/mol. The zero-order chi connectivity index (χ0) is 9.84. The largest absolute Gasteiger partial charge is 0.0829 e. The van der Waals surface area contributed by atoms with Crippen molar-refractivity contribution in [1.29, 1.82) is 0 Å². The van der Waals surface area contributed by atoms with Crippen LogP contribution in [0.2, 0.25) is 0 Å². The molecule has 0 saturated heterocycles. The van der Waals surface area contributed by atoms with E-state index in [0.29, 0.717) is 0 Å². The van der Waals surface area contributed by atoms with E-state index in [0.717, 1.165) is 3.92 Å². The van der Waals surface area contributed by atoms with Crippen molar-refractivity contribution in [2.24, 2.45) is 0 Å². The average molecular weight is 400 g/mol. The highest BCUT2D eigenvalue weighted by Crippen LogP contribution is 2.17. The summed E-state index contributed by atoms with van der Waals surface area (Å²) in [5.41, 5.74) is 2.94. The minimum Gasteiger partial charge on any atom is -0.0829 e. The van der Waals surface area contributed by atoms with E-state index in [1.165, 1.54) is 27.5 Å². The van der Waals surface area contributed by atoms with Gasteiger partial charge in [-0.2, -0.15) is 0 Å². The predicted octanol–water partition coefficient (Wildman–Crippen LogP) is 4.36. The second kappa shape index (κ2) is 5.53. The molecular weight excluding hydrogens is 386 g/mol. The standard InChI is InChI=1S/C11H14I2/c1-8-3-6-11(13)7-10(8)5-4-9(2)12/h3,6-7,9H,4-5H2,1-2H3. The summed E-state index contributed by atoms with van der Waals surface area (Å²) in [6, 6.07) is 6.69. The molecule has 0 heterocycles. The van der Waals surface area contributed by atoms with Gasteiger partial charge >= 0.3 is 0 Å². The minimum absolute atomic E-state index is 0.773. The van der Waals surface area contributed by atoms with Crippen LogP contribution in [0.1, 0.15) is 24.5 Å². The Morgan fingerprint density at radius 2 is 2.08 bits per heavy atom. The van der Waals surface area contributed by atoms with Crippen LogP contribution in [0.15, 0.2) is 18.2 Å². The summed E-state index contributed by atoms with van der Waals surface area (Å²) in [6.45, 7) is 4.47. The van der Waals surface area contributed by atoms with E-state index in [4.69, 9.17) is 0 Å². The Morgan fingerprint density at radius 1 is 1.38 bits per heavy atom. The molecule has 1 atom stereocenters. The van der Waals surface area contributed by atoms with Crippen LogP contribution in [0.4, 0.5) is 0 Å². The maximum atomic E-state index is 2.49. The Bertz CT molecular complexity index is 279. The molecule has 0 aliphatic carbocycles. The van der Waals surface area contributed by atoms with E-state index in [2.05, 4.69) is 77.2 Å². The Morgan fingerprint density at radius 3 is 2.69 bits per heavy atom. The van der Waals surface area contributed by atoms with Crippen LogP contribution in [-0.2, 0) is 6.42 Å². The molecule has 13 heavy (non-hydrogen) atoms. The average Bonchev–Trinajstić information content (AvgIpc) is 2.06. The van der Waals surface area contributed by atoms with Crippen molar-refractivity contribution in [1.82, 2.24) is 0 Å². The Hall–Kier alpha value is 0.680. The summed E-state index contributed by atoms with van der Waals surface area (Å²) in [6.07, 6.45) is 2.49. The quantitative estimate of drug-likeness (QED) is 0.523. The molecule has 0 aromatic heterocycles. The Labute approximate surface area is 108 Å². The molecule has 0 aliphatic heterocycles. The number of aryl methyl sites for hydroxylation is 2. The first-order chi connectivity index (χ1) is 6.09. The number of rotatable bonds is 3. The first-order valence-electron chi connectivity index (χ1n) is 4.48. The molecule has 0 fully saturated rings. The molecule has 0 amide bonds.